The third-order valence-electron chi connectivity index (χ3n) is 1.93. The lowest BCUT2D eigenvalue weighted by molar-refractivity contribution is -0.386. The molecule has 0 unspecified atom stereocenters. The second kappa shape index (κ2) is 5.07. The van der Waals surface area contributed by atoms with Crippen molar-refractivity contribution in [3.63, 3.8) is 0 Å². The maximum Gasteiger partial charge on any atom is 0.335 e. The van der Waals surface area contributed by atoms with E-state index in [-0.39, 0.29) is 0 Å². The topological polar surface area (TPSA) is 65.1 Å². The van der Waals surface area contributed by atoms with Gasteiger partial charge in [-0.05, 0) is 29.8 Å². The summed E-state index contributed by atoms with van der Waals surface area (Å²) in [6, 6.07) is 1.21. The van der Waals surface area contributed by atoms with E-state index >= 15 is 0 Å². The minimum absolute atomic E-state index is 0.335. The lowest BCUT2D eigenvalue weighted by Crippen LogP contribution is -2.21. The quantitative estimate of drug-likeness (QED) is 0.487. The molecule has 0 saturated heterocycles. The highest BCUT2D eigenvalue weighted by Crippen LogP contribution is 2.13. The number of hydrogen-bond donors (Lipinski definition) is 0. The molecule has 0 atom stereocenters. The number of rotatable bonds is 3. The number of nitro groups is 1. The summed E-state index contributed by atoms with van der Waals surface area (Å²) in [7, 11) is 0. The second-order valence-corrected chi connectivity index (χ2v) is 4.46. The van der Waals surface area contributed by atoms with E-state index in [4.69, 9.17) is 0 Å². The van der Waals surface area contributed by atoms with Crippen LogP contribution in [0.25, 0.3) is 0 Å². The summed E-state index contributed by atoms with van der Waals surface area (Å²) in [5.74, 6) is 0. The van der Waals surface area contributed by atoms with E-state index in [9.17, 15) is 14.9 Å². The van der Waals surface area contributed by atoms with Gasteiger partial charge in [-0.3, -0.25) is 14.9 Å². The largest absolute Gasteiger partial charge is 0.335 e. The molecule has 0 bridgehead atoms. The van der Waals surface area contributed by atoms with Gasteiger partial charge in [0.25, 0.3) is 0 Å². The number of hydrogen-bond acceptors (Lipinski definition) is 3. The first-order chi connectivity index (χ1) is 7.41. The van der Waals surface area contributed by atoms with Gasteiger partial charge in [-0.1, -0.05) is 11.6 Å². The maximum absolute atomic E-state index is 11.6. The Morgan fingerprint density at radius 2 is 2.25 bits per heavy atom. The van der Waals surface area contributed by atoms with Gasteiger partial charge in [0, 0.05) is 23.3 Å². The SMILES string of the molecule is CC(C)=CCn1cc(Br)cc([N+](=O)[O-])c1=O. The van der Waals surface area contributed by atoms with E-state index < -0.39 is 16.2 Å². The van der Waals surface area contributed by atoms with Gasteiger partial charge in [-0.2, -0.15) is 0 Å². The third kappa shape index (κ3) is 3.03. The van der Waals surface area contributed by atoms with Gasteiger partial charge in [0.15, 0.2) is 0 Å². The van der Waals surface area contributed by atoms with Crippen LogP contribution in [0.1, 0.15) is 13.8 Å². The molecule has 6 heteroatoms. The molecule has 16 heavy (non-hydrogen) atoms. The molecule has 0 amide bonds. The van der Waals surface area contributed by atoms with E-state index in [1.54, 1.807) is 0 Å². The van der Waals surface area contributed by atoms with Crippen LogP contribution in [0.4, 0.5) is 5.69 Å². The van der Waals surface area contributed by atoms with Crippen LogP contribution in [0.5, 0.6) is 0 Å². The first kappa shape index (κ1) is 12.6. The summed E-state index contributed by atoms with van der Waals surface area (Å²) >= 11 is 3.14. The van der Waals surface area contributed by atoms with Crippen LogP contribution in [0.2, 0.25) is 0 Å². The lowest BCUT2D eigenvalue weighted by Gasteiger charge is -2.03. The minimum Gasteiger partial charge on any atom is -0.305 e. The Bertz CT molecular complexity index is 501. The molecule has 1 heterocycles. The van der Waals surface area contributed by atoms with Crippen molar-refractivity contribution >= 4 is 21.6 Å². The van der Waals surface area contributed by atoms with Crippen LogP contribution in [-0.2, 0) is 6.54 Å². The zero-order valence-electron chi connectivity index (χ0n) is 8.94. The highest BCUT2D eigenvalue weighted by Gasteiger charge is 2.15. The Kier molecular flexibility index (Phi) is 4.00. The molecule has 0 spiro atoms. The molecule has 0 N–H and O–H groups in total. The van der Waals surface area contributed by atoms with Crippen LogP contribution in [0, 0.1) is 10.1 Å². The Morgan fingerprint density at radius 1 is 1.62 bits per heavy atom. The molecular formula is C10H11BrN2O3. The van der Waals surface area contributed by atoms with Gasteiger partial charge >= 0.3 is 11.2 Å². The van der Waals surface area contributed by atoms with Crippen molar-refractivity contribution < 1.29 is 4.92 Å². The van der Waals surface area contributed by atoms with Crippen LogP contribution >= 0.6 is 15.9 Å². The summed E-state index contributed by atoms with van der Waals surface area (Å²) < 4.78 is 1.82. The number of aromatic nitrogens is 1. The molecule has 1 aromatic heterocycles. The Balaban J connectivity index is 3.25. The molecule has 0 aliphatic carbocycles. The molecule has 0 aliphatic heterocycles. The summed E-state index contributed by atoms with van der Waals surface area (Å²) in [5.41, 5.74) is 0.0387. The van der Waals surface area contributed by atoms with Crippen LogP contribution < -0.4 is 5.56 Å². The molecule has 0 saturated carbocycles. The van der Waals surface area contributed by atoms with E-state index in [2.05, 4.69) is 15.9 Å². The second-order valence-electron chi connectivity index (χ2n) is 3.54. The van der Waals surface area contributed by atoms with Crippen LogP contribution in [0.15, 0.2) is 33.2 Å². The van der Waals surface area contributed by atoms with Crippen LogP contribution in [-0.4, -0.2) is 9.49 Å². The van der Waals surface area contributed by atoms with Crippen LogP contribution in [0.3, 0.4) is 0 Å². The average Bonchev–Trinajstić information content (AvgIpc) is 2.18. The Morgan fingerprint density at radius 3 is 2.75 bits per heavy atom. The number of halogens is 1. The van der Waals surface area contributed by atoms with Crippen molar-refractivity contribution in [2.45, 2.75) is 20.4 Å². The predicted octanol–water partition coefficient (Wildman–Crippen LogP) is 2.49. The van der Waals surface area contributed by atoms with Crippen molar-refractivity contribution in [1.29, 1.82) is 0 Å². The molecule has 5 nitrogen and oxygen atoms in total. The van der Waals surface area contributed by atoms with Crippen molar-refractivity contribution in [2.24, 2.45) is 0 Å². The lowest BCUT2D eigenvalue weighted by atomic mass is 10.3. The van der Waals surface area contributed by atoms with E-state index in [1.807, 2.05) is 19.9 Å². The van der Waals surface area contributed by atoms with Gasteiger partial charge < -0.3 is 4.57 Å². The van der Waals surface area contributed by atoms with E-state index in [1.165, 1.54) is 16.8 Å². The summed E-state index contributed by atoms with van der Waals surface area (Å²) in [4.78, 5) is 21.6. The summed E-state index contributed by atoms with van der Waals surface area (Å²) in [6.45, 7) is 4.14. The first-order valence-electron chi connectivity index (χ1n) is 4.59. The molecular weight excluding hydrogens is 276 g/mol. The number of allylic oxidation sites excluding steroid dienone is 2. The van der Waals surface area contributed by atoms with Gasteiger partial charge in [0.05, 0.1) is 4.92 Å². The molecule has 1 rings (SSSR count). The normalized spacial score (nSPS) is 9.94. The molecule has 0 aromatic carbocycles. The highest BCUT2D eigenvalue weighted by atomic mass is 79.9. The predicted molar refractivity (Wildman–Crippen MR) is 64.5 cm³/mol. The third-order valence-corrected chi connectivity index (χ3v) is 2.36. The zero-order valence-corrected chi connectivity index (χ0v) is 10.5. The monoisotopic (exact) mass is 286 g/mol. The first-order valence-corrected chi connectivity index (χ1v) is 5.39. The summed E-state index contributed by atoms with van der Waals surface area (Å²) in [5, 5.41) is 10.6. The van der Waals surface area contributed by atoms with Crippen molar-refractivity contribution in [3.8, 4) is 0 Å². The Labute approximate surface area is 101 Å². The average molecular weight is 287 g/mol. The van der Waals surface area contributed by atoms with Gasteiger partial charge in [0.2, 0.25) is 0 Å². The fraction of sp³-hybridized carbons (Fsp3) is 0.300. The fourth-order valence-corrected chi connectivity index (χ4v) is 1.60. The molecule has 0 aliphatic rings. The van der Waals surface area contributed by atoms with Crippen molar-refractivity contribution in [3.05, 3.63) is 48.9 Å². The Hall–Kier alpha value is -1.43. The molecule has 86 valence electrons. The minimum atomic E-state index is -0.674. The molecule has 0 radical (unpaired) electrons. The van der Waals surface area contributed by atoms with Gasteiger partial charge in [-0.25, -0.2) is 0 Å². The number of nitrogens with zero attached hydrogens (tertiary/aromatic N) is 2. The van der Waals surface area contributed by atoms with Gasteiger partial charge in [-0.15, -0.1) is 0 Å². The molecule has 1 aromatic rings. The van der Waals surface area contributed by atoms with E-state index in [0.717, 1.165) is 5.57 Å². The molecule has 0 fully saturated rings. The maximum atomic E-state index is 11.6. The van der Waals surface area contributed by atoms with Crippen molar-refractivity contribution in [2.75, 3.05) is 0 Å². The number of pyridine rings is 1. The van der Waals surface area contributed by atoms with Gasteiger partial charge in [0.1, 0.15) is 0 Å². The summed E-state index contributed by atoms with van der Waals surface area (Å²) in [6.07, 6.45) is 3.37. The smallest absolute Gasteiger partial charge is 0.305 e. The zero-order chi connectivity index (χ0) is 12.3. The fourth-order valence-electron chi connectivity index (χ4n) is 1.13. The standard InChI is InChI=1S/C10H11BrN2O3/c1-7(2)3-4-12-6-8(11)5-9(10(12)14)13(15)16/h3,5-6H,4H2,1-2H3. The highest BCUT2D eigenvalue weighted by molar-refractivity contribution is 9.10. The van der Waals surface area contributed by atoms with E-state index in [0.29, 0.717) is 11.0 Å². The van der Waals surface area contributed by atoms with Crippen molar-refractivity contribution in [1.82, 2.24) is 4.57 Å².